The van der Waals surface area contributed by atoms with Gasteiger partial charge in [-0.2, -0.15) is 0 Å². The summed E-state index contributed by atoms with van der Waals surface area (Å²) in [6, 6.07) is 5.50. The molecule has 0 atom stereocenters. The zero-order valence-corrected chi connectivity index (χ0v) is 5.93. The predicted octanol–water partition coefficient (Wildman–Crippen LogP) is 2.00. The summed E-state index contributed by atoms with van der Waals surface area (Å²) < 4.78 is 0. The van der Waals surface area contributed by atoms with E-state index in [2.05, 4.69) is 4.98 Å². The summed E-state index contributed by atoms with van der Waals surface area (Å²) in [4.78, 5) is 4.95. The molecule has 0 unspecified atom stereocenters. The number of nitrogens with zero attached hydrogens (tertiary/aromatic N) is 1. The summed E-state index contributed by atoms with van der Waals surface area (Å²) in [7, 11) is 0. The van der Waals surface area contributed by atoms with E-state index in [4.69, 9.17) is 5.11 Å². The Balaban J connectivity index is 2.88. The third-order valence-electron chi connectivity index (χ3n) is 1.28. The van der Waals surface area contributed by atoms with Gasteiger partial charge in [-0.15, -0.1) is 0 Å². The Morgan fingerprint density at radius 1 is 1.50 bits per heavy atom. The number of rotatable bonds is 0. The monoisotopic (exact) mass is 151 g/mol. The molecule has 0 radical (unpaired) electrons. The minimum atomic E-state index is 0.328. The Kier molecular flexibility index (Phi) is 1.11. The number of pyridine rings is 1. The van der Waals surface area contributed by atoms with E-state index in [1.807, 2.05) is 12.1 Å². The molecule has 2 heterocycles. The van der Waals surface area contributed by atoms with E-state index in [9.17, 15) is 0 Å². The third-order valence-corrected chi connectivity index (χ3v) is 2.14. The number of aromatic hydroxyl groups is 1. The van der Waals surface area contributed by atoms with Gasteiger partial charge in [0.1, 0.15) is 4.83 Å². The Bertz CT molecular complexity index is 322. The molecule has 0 spiro atoms. The molecule has 0 aliphatic carbocycles. The molecule has 3 heteroatoms. The molecule has 2 aromatic rings. The van der Waals surface area contributed by atoms with Gasteiger partial charge in [-0.3, -0.25) is 0 Å². The van der Waals surface area contributed by atoms with Gasteiger partial charge in [0.05, 0.1) is 0 Å². The second-order valence-electron chi connectivity index (χ2n) is 1.98. The van der Waals surface area contributed by atoms with Crippen LogP contribution in [0.2, 0.25) is 0 Å². The van der Waals surface area contributed by atoms with Gasteiger partial charge in [0.25, 0.3) is 0 Å². The van der Waals surface area contributed by atoms with Crippen molar-refractivity contribution in [3.63, 3.8) is 0 Å². The maximum absolute atomic E-state index is 9.03. The van der Waals surface area contributed by atoms with Gasteiger partial charge in [0, 0.05) is 17.6 Å². The molecular weight excluding hydrogens is 146 g/mol. The van der Waals surface area contributed by atoms with E-state index < -0.39 is 0 Å². The number of hydrogen-bond donors (Lipinski definition) is 1. The summed E-state index contributed by atoms with van der Waals surface area (Å²) >= 11 is 1.30. The van der Waals surface area contributed by atoms with E-state index in [1.54, 1.807) is 12.3 Å². The number of hydrogen-bond acceptors (Lipinski definition) is 3. The van der Waals surface area contributed by atoms with E-state index in [0.29, 0.717) is 5.06 Å². The molecule has 0 bridgehead atoms. The summed E-state index contributed by atoms with van der Waals surface area (Å²) in [6.45, 7) is 0. The second kappa shape index (κ2) is 1.95. The molecule has 2 aromatic heterocycles. The van der Waals surface area contributed by atoms with Crippen molar-refractivity contribution in [2.75, 3.05) is 0 Å². The van der Waals surface area contributed by atoms with Crippen LogP contribution in [0.1, 0.15) is 0 Å². The first kappa shape index (κ1) is 5.68. The SMILES string of the molecule is Oc1cc2cccnc2s1. The van der Waals surface area contributed by atoms with Crippen molar-refractivity contribution >= 4 is 21.6 Å². The first-order chi connectivity index (χ1) is 4.86. The predicted molar refractivity (Wildman–Crippen MR) is 41.3 cm³/mol. The van der Waals surface area contributed by atoms with E-state index >= 15 is 0 Å². The minimum Gasteiger partial charge on any atom is -0.499 e. The van der Waals surface area contributed by atoms with Crippen molar-refractivity contribution < 1.29 is 5.11 Å². The molecule has 2 nitrogen and oxygen atoms in total. The highest BCUT2D eigenvalue weighted by Gasteiger charge is 1.97. The topological polar surface area (TPSA) is 33.1 Å². The average Bonchev–Trinajstić information content (AvgIpc) is 2.27. The van der Waals surface area contributed by atoms with Crippen molar-refractivity contribution in [1.29, 1.82) is 0 Å². The van der Waals surface area contributed by atoms with Gasteiger partial charge in [0.15, 0.2) is 5.06 Å². The minimum absolute atomic E-state index is 0.328. The third kappa shape index (κ3) is 0.752. The average molecular weight is 151 g/mol. The second-order valence-corrected chi connectivity index (χ2v) is 2.99. The zero-order chi connectivity index (χ0) is 6.97. The molecule has 0 saturated carbocycles. The highest BCUT2D eigenvalue weighted by atomic mass is 32.1. The molecule has 1 N–H and O–H groups in total. The van der Waals surface area contributed by atoms with Crippen molar-refractivity contribution in [3.05, 3.63) is 24.4 Å². The van der Waals surface area contributed by atoms with Gasteiger partial charge in [-0.1, -0.05) is 17.4 Å². The van der Waals surface area contributed by atoms with E-state index in [0.717, 1.165) is 10.2 Å². The summed E-state index contributed by atoms with van der Waals surface area (Å²) in [5.74, 6) is 0. The van der Waals surface area contributed by atoms with Crippen molar-refractivity contribution in [3.8, 4) is 5.06 Å². The smallest absolute Gasteiger partial charge is 0.173 e. The summed E-state index contributed by atoms with van der Waals surface area (Å²) in [6.07, 6.45) is 1.72. The summed E-state index contributed by atoms with van der Waals surface area (Å²) in [5, 5.41) is 10.4. The Hall–Kier alpha value is -1.09. The molecule has 0 aliphatic heterocycles. The van der Waals surface area contributed by atoms with Gasteiger partial charge in [-0.05, 0) is 6.07 Å². The van der Waals surface area contributed by atoms with Crippen LogP contribution in [0.25, 0.3) is 10.2 Å². The van der Waals surface area contributed by atoms with Gasteiger partial charge in [0.2, 0.25) is 0 Å². The molecule has 50 valence electrons. The lowest BCUT2D eigenvalue weighted by Gasteiger charge is -1.81. The molecule has 0 saturated heterocycles. The van der Waals surface area contributed by atoms with Crippen LogP contribution in [-0.4, -0.2) is 10.1 Å². The van der Waals surface area contributed by atoms with Crippen molar-refractivity contribution in [2.24, 2.45) is 0 Å². The van der Waals surface area contributed by atoms with Crippen molar-refractivity contribution in [2.45, 2.75) is 0 Å². The van der Waals surface area contributed by atoms with Crippen LogP contribution in [-0.2, 0) is 0 Å². The number of thiophene rings is 1. The van der Waals surface area contributed by atoms with Crippen LogP contribution in [0.4, 0.5) is 0 Å². The van der Waals surface area contributed by atoms with Crippen molar-refractivity contribution in [1.82, 2.24) is 4.98 Å². The van der Waals surface area contributed by atoms with E-state index in [1.165, 1.54) is 11.3 Å². The lowest BCUT2D eigenvalue weighted by molar-refractivity contribution is 0.491. The molecule has 0 fully saturated rings. The fourth-order valence-corrected chi connectivity index (χ4v) is 1.60. The normalized spacial score (nSPS) is 10.4. The fourth-order valence-electron chi connectivity index (χ4n) is 0.860. The first-order valence-electron chi connectivity index (χ1n) is 2.90. The van der Waals surface area contributed by atoms with Gasteiger partial charge in [-0.25, -0.2) is 4.98 Å². The maximum atomic E-state index is 9.03. The number of aromatic nitrogens is 1. The standard InChI is InChI=1S/C7H5NOS/c9-6-4-5-2-1-3-8-7(5)10-6/h1-4,9H. The molecule has 2 rings (SSSR count). The molecule has 10 heavy (non-hydrogen) atoms. The van der Waals surface area contributed by atoms with Gasteiger partial charge < -0.3 is 5.11 Å². The zero-order valence-electron chi connectivity index (χ0n) is 5.11. The lowest BCUT2D eigenvalue weighted by atomic mass is 10.3. The summed E-state index contributed by atoms with van der Waals surface area (Å²) in [5.41, 5.74) is 0. The first-order valence-corrected chi connectivity index (χ1v) is 3.71. The van der Waals surface area contributed by atoms with Crippen LogP contribution in [0, 0.1) is 0 Å². The van der Waals surface area contributed by atoms with Crippen LogP contribution < -0.4 is 0 Å². The maximum Gasteiger partial charge on any atom is 0.173 e. The highest BCUT2D eigenvalue weighted by Crippen LogP contribution is 2.27. The van der Waals surface area contributed by atoms with Crippen LogP contribution in [0.3, 0.4) is 0 Å². The Morgan fingerprint density at radius 3 is 3.20 bits per heavy atom. The number of fused-ring (bicyclic) bond motifs is 1. The lowest BCUT2D eigenvalue weighted by Crippen LogP contribution is -1.65. The van der Waals surface area contributed by atoms with Crippen LogP contribution in [0.15, 0.2) is 24.4 Å². The Labute approximate surface area is 61.8 Å². The van der Waals surface area contributed by atoms with Crippen LogP contribution in [0.5, 0.6) is 5.06 Å². The van der Waals surface area contributed by atoms with Crippen LogP contribution >= 0.6 is 11.3 Å². The molecule has 0 amide bonds. The Morgan fingerprint density at radius 2 is 2.40 bits per heavy atom. The highest BCUT2D eigenvalue weighted by molar-refractivity contribution is 7.20. The fraction of sp³-hybridized carbons (Fsp3) is 0. The molecular formula is C7H5NOS. The quantitative estimate of drug-likeness (QED) is 0.624. The van der Waals surface area contributed by atoms with E-state index in [-0.39, 0.29) is 0 Å². The molecule has 0 aromatic carbocycles. The largest absolute Gasteiger partial charge is 0.499 e. The van der Waals surface area contributed by atoms with Gasteiger partial charge >= 0.3 is 0 Å². The molecule has 0 aliphatic rings.